The van der Waals surface area contributed by atoms with Gasteiger partial charge in [0, 0.05) is 31.5 Å². The molecular formula is C17H21N3O3S. The molecule has 1 aliphatic rings. The number of hydrogen-bond acceptors (Lipinski definition) is 5. The first kappa shape index (κ1) is 16.7. The highest BCUT2D eigenvalue weighted by molar-refractivity contribution is 7.07. The van der Waals surface area contributed by atoms with Gasteiger partial charge in [-0.3, -0.25) is 9.59 Å². The second-order valence-electron chi connectivity index (χ2n) is 6.10. The lowest BCUT2D eigenvalue weighted by Gasteiger charge is -2.31. The second kappa shape index (κ2) is 7.61. The van der Waals surface area contributed by atoms with Crippen molar-refractivity contribution in [1.82, 2.24) is 10.1 Å². The Labute approximate surface area is 144 Å². The molecule has 0 radical (unpaired) electrons. The number of carbonyl (C=O) groups excluding carboxylic acids is 2. The van der Waals surface area contributed by atoms with Gasteiger partial charge in [0.25, 0.3) is 0 Å². The number of piperidine rings is 1. The average Bonchev–Trinajstić information content (AvgIpc) is 3.24. The van der Waals surface area contributed by atoms with Crippen LogP contribution in [0.1, 0.15) is 30.6 Å². The van der Waals surface area contributed by atoms with Crippen LogP contribution < -0.4 is 5.32 Å². The summed E-state index contributed by atoms with van der Waals surface area (Å²) in [6.45, 7) is 3.06. The molecule has 0 aliphatic carbocycles. The van der Waals surface area contributed by atoms with E-state index in [1.54, 1.807) is 24.3 Å². The Morgan fingerprint density at radius 3 is 2.83 bits per heavy atom. The van der Waals surface area contributed by atoms with Gasteiger partial charge in [0.15, 0.2) is 5.82 Å². The summed E-state index contributed by atoms with van der Waals surface area (Å²) in [7, 11) is 0. The molecule has 0 atom stereocenters. The Morgan fingerprint density at radius 1 is 1.42 bits per heavy atom. The molecule has 128 valence electrons. The Bertz CT molecular complexity index is 688. The summed E-state index contributed by atoms with van der Waals surface area (Å²) >= 11 is 1.65. The summed E-state index contributed by atoms with van der Waals surface area (Å²) in [5.74, 6) is 1.16. The van der Waals surface area contributed by atoms with Crippen molar-refractivity contribution in [2.75, 3.05) is 18.4 Å². The van der Waals surface area contributed by atoms with Crippen LogP contribution in [0.2, 0.25) is 0 Å². The highest BCUT2D eigenvalue weighted by atomic mass is 32.1. The monoisotopic (exact) mass is 347 g/mol. The fourth-order valence-corrected chi connectivity index (χ4v) is 3.59. The van der Waals surface area contributed by atoms with Gasteiger partial charge in [-0.25, -0.2) is 0 Å². The zero-order valence-corrected chi connectivity index (χ0v) is 14.5. The van der Waals surface area contributed by atoms with Gasteiger partial charge in [-0.1, -0.05) is 5.16 Å². The lowest BCUT2D eigenvalue weighted by atomic mass is 9.95. The zero-order chi connectivity index (χ0) is 16.9. The van der Waals surface area contributed by atoms with Gasteiger partial charge in [-0.05, 0) is 48.6 Å². The van der Waals surface area contributed by atoms with Crippen molar-refractivity contribution in [2.24, 2.45) is 5.92 Å². The molecule has 1 fully saturated rings. The lowest BCUT2D eigenvalue weighted by Crippen LogP contribution is -2.41. The van der Waals surface area contributed by atoms with Crippen molar-refractivity contribution in [1.29, 1.82) is 0 Å². The molecule has 2 amide bonds. The summed E-state index contributed by atoms with van der Waals surface area (Å²) in [6.07, 6.45) is 2.69. The van der Waals surface area contributed by atoms with Crippen molar-refractivity contribution in [2.45, 2.75) is 32.6 Å². The van der Waals surface area contributed by atoms with E-state index in [1.807, 2.05) is 10.3 Å². The molecule has 1 aliphatic heterocycles. The van der Waals surface area contributed by atoms with Crippen LogP contribution in [0.5, 0.6) is 0 Å². The summed E-state index contributed by atoms with van der Waals surface area (Å²) in [4.78, 5) is 26.4. The maximum atomic E-state index is 12.3. The summed E-state index contributed by atoms with van der Waals surface area (Å²) in [5, 5.41) is 10.7. The van der Waals surface area contributed by atoms with Crippen LogP contribution in [-0.4, -0.2) is 35.0 Å². The third-order valence-corrected chi connectivity index (χ3v) is 5.04. The highest BCUT2D eigenvalue weighted by Crippen LogP contribution is 2.20. The van der Waals surface area contributed by atoms with Crippen molar-refractivity contribution in [3.8, 4) is 0 Å². The predicted octanol–water partition coefficient (Wildman–Crippen LogP) is 2.85. The third-order valence-electron chi connectivity index (χ3n) is 4.31. The van der Waals surface area contributed by atoms with Gasteiger partial charge >= 0.3 is 0 Å². The molecule has 2 aromatic heterocycles. The molecule has 1 saturated heterocycles. The smallest absolute Gasteiger partial charge is 0.228 e. The van der Waals surface area contributed by atoms with E-state index < -0.39 is 0 Å². The van der Waals surface area contributed by atoms with Crippen LogP contribution in [0, 0.1) is 12.8 Å². The molecule has 0 bridgehead atoms. The molecule has 3 rings (SSSR count). The minimum atomic E-state index is -0.0806. The van der Waals surface area contributed by atoms with Crippen molar-refractivity contribution >= 4 is 29.0 Å². The number of likely N-dealkylation sites (tertiary alicyclic amines) is 1. The van der Waals surface area contributed by atoms with Crippen LogP contribution in [0.15, 0.2) is 27.4 Å². The van der Waals surface area contributed by atoms with Crippen molar-refractivity contribution in [3.05, 3.63) is 34.2 Å². The number of carbonyl (C=O) groups is 2. The Balaban J connectivity index is 1.43. The molecule has 6 nitrogen and oxygen atoms in total. The number of anilines is 1. The molecule has 0 unspecified atom stereocenters. The quantitative estimate of drug-likeness (QED) is 0.902. The highest BCUT2D eigenvalue weighted by Gasteiger charge is 2.27. The largest absolute Gasteiger partial charge is 0.360 e. The number of nitrogens with one attached hydrogen (secondary N) is 1. The molecule has 24 heavy (non-hydrogen) atoms. The summed E-state index contributed by atoms with van der Waals surface area (Å²) < 4.78 is 4.94. The molecule has 0 spiro atoms. The average molecular weight is 347 g/mol. The zero-order valence-electron chi connectivity index (χ0n) is 13.7. The number of thiophene rings is 1. The van der Waals surface area contributed by atoms with E-state index in [4.69, 9.17) is 4.52 Å². The van der Waals surface area contributed by atoms with Crippen LogP contribution in [0.4, 0.5) is 5.82 Å². The number of aromatic nitrogens is 1. The lowest BCUT2D eigenvalue weighted by molar-refractivity contribution is -0.134. The fourth-order valence-electron chi connectivity index (χ4n) is 2.89. The van der Waals surface area contributed by atoms with Gasteiger partial charge in [-0.2, -0.15) is 11.3 Å². The standard InChI is InChI=1S/C17H21N3O3S/c1-12-10-15(19-23-12)18-17(22)14-4-7-20(8-5-14)16(21)3-2-13-6-9-24-11-13/h6,9-11,14H,2-5,7-8H2,1H3,(H,18,19,22). The first-order valence-corrected chi connectivity index (χ1v) is 9.09. The van der Waals surface area contributed by atoms with E-state index in [2.05, 4.69) is 21.9 Å². The van der Waals surface area contributed by atoms with E-state index in [0.29, 0.717) is 43.9 Å². The molecular weight excluding hydrogens is 326 g/mol. The third kappa shape index (κ3) is 4.23. The first-order chi connectivity index (χ1) is 11.6. The van der Waals surface area contributed by atoms with Gasteiger partial charge in [0.2, 0.25) is 11.8 Å². The van der Waals surface area contributed by atoms with Crippen LogP contribution in [0.25, 0.3) is 0 Å². The summed E-state index contributed by atoms with van der Waals surface area (Å²) in [5.41, 5.74) is 1.21. The summed E-state index contributed by atoms with van der Waals surface area (Å²) in [6, 6.07) is 3.75. The molecule has 1 N–H and O–H groups in total. The number of nitrogens with zero attached hydrogens (tertiary/aromatic N) is 2. The van der Waals surface area contributed by atoms with Gasteiger partial charge in [0.05, 0.1) is 0 Å². The Kier molecular flexibility index (Phi) is 5.30. The van der Waals surface area contributed by atoms with Crippen LogP contribution in [-0.2, 0) is 16.0 Å². The molecule has 0 aromatic carbocycles. The minimum Gasteiger partial charge on any atom is -0.360 e. The van der Waals surface area contributed by atoms with E-state index >= 15 is 0 Å². The van der Waals surface area contributed by atoms with Gasteiger partial charge in [-0.15, -0.1) is 0 Å². The van der Waals surface area contributed by atoms with E-state index in [0.717, 1.165) is 6.42 Å². The maximum absolute atomic E-state index is 12.3. The van der Waals surface area contributed by atoms with E-state index in [9.17, 15) is 9.59 Å². The molecule has 2 aromatic rings. The molecule has 0 saturated carbocycles. The molecule has 3 heterocycles. The maximum Gasteiger partial charge on any atom is 0.228 e. The first-order valence-electron chi connectivity index (χ1n) is 8.15. The van der Waals surface area contributed by atoms with E-state index in [1.165, 1.54) is 5.56 Å². The minimum absolute atomic E-state index is 0.0475. The van der Waals surface area contributed by atoms with Crippen LogP contribution in [0.3, 0.4) is 0 Å². The number of hydrogen-bond donors (Lipinski definition) is 1. The van der Waals surface area contributed by atoms with Gasteiger partial charge in [0.1, 0.15) is 5.76 Å². The van der Waals surface area contributed by atoms with Crippen molar-refractivity contribution < 1.29 is 14.1 Å². The topological polar surface area (TPSA) is 75.4 Å². The fraction of sp³-hybridized carbons (Fsp3) is 0.471. The normalized spacial score (nSPS) is 15.5. The number of rotatable bonds is 5. The van der Waals surface area contributed by atoms with Crippen LogP contribution >= 0.6 is 11.3 Å². The van der Waals surface area contributed by atoms with Gasteiger partial charge < -0.3 is 14.7 Å². The Morgan fingerprint density at radius 2 is 2.21 bits per heavy atom. The van der Waals surface area contributed by atoms with Crippen molar-refractivity contribution in [3.63, 3.8) is 0 Å². The second-order valence-corrected chi connectivity index (χ2v) is 6.88. The molecule has 7 heteroatoms. The Hall–Kier alpha value is -2.15. The van der Waals surface area contributed by atoms with E-state index in [-0.39, 0.29) is 17.7 Å². The number of aryl methyl sites for hydroxylation is 2. The number of amides is 2. The SMILES string of the molecule is Cc1cc(NC(=O)C2CCN(C(=O)CCc3ccsc3)CC2)no1. The predicted molar refractivity (Wildman–Crippen MR) is 91.8 cm³/mol.